The summed E-state index contributed by atoms with van der Waals surface area (Å²) in [6.07, 6.45) is 0.914. The first kappa shape index (κ1) is 21.7. The fourth-order valence-electron chi connectivity index (χ4n) is 2.53. The summed E-state index contributed by atoms with van der Waals surface area (Å²) in [4.78, 5) is 28.2. The highest BCUT2D eigenvalue weighted by Gasteiger charge is 2.19. The van der Waals surface area contributed by atoms with E-state index in [2.05, 4.69) is 25.6 Å². The second-order valence-electron chi connectivity index (χ2n) is 7.31. The zero-order valence-corrected chi connectivity index (χ0v) is 17.7. The van der Waals surface area contributed by atoms with Crippen LogP contribution in [0.3, 0.4) is 0 Å². The Bertz CT molecular complexity index is 1070. The lowest BCUT2D eigenvalue weighted by molar-refractivity contribution is 0.0591. The molecule has 1 amide bonds. The number of carbonyl (C=O) groups is 2. The van der Waals surface area contributed by atoms with Crippen LogP contribution in [0.4, 0.5) is 10.6 Å². The third-order valence-electron chi connectivity index (χ3n) is 3.84. The summed E-state index contributed by atoms with van der Waals surface area (Å²) in [5.74, 6) is 0.408. The molecule has 0 bridgehead atoms. The molecule has 11 heteroatoms. The number of hydrogen-bond acceptors (Lipinski definition) is 9. The summed E-state index contributed by atoms with van der Waals surface area (Å²) in [6.45, 7) is 5.31. The van der Waals surface area contributed by atoms with Crippen molar-refractivity contribution in [2.45, 2.75) is 26.4 Å². The van der Waals surface area contributed by atoms with Gasteiger partial charge in [0.15, 0.2) is 11.5 Å². The number of aromatic nitrogens is 5. The van der Waals surface area contributed by atoms with Crippen LogP contribution in [-0.4, -0.2) is 56.8 Å². The van der Waals surface area contributed by atoms with Crippen molar-refractivity contribution in [1.29, 1.82) is 0 Å². The average Bonchev–Trinajstić information content (AvgIpc) is 3.18. The second kappa shape index (κ2) is 8.78. The predicted octanol–water partition coefficient (Wildman–Crippen LogP) is 2.87. The van der Waals surface area contributed by atoms with Crippen LogP contribution in [-0.2, 0) is 9.47 Å². The molecule has 0 aliphatic rings. The molecule has 0 unspecified atom stereocenters. The summed E-state index contributed by atoms with van der Waals surface area (Å²) in [5.41, 5.74) is 0.609. The van der Waals surface area contributed by atoms with Crippen LogP contribution >= 0.6 is 0 Å². The number of anilines is 1. The van der Waals surface area contributed by atoms with Gasteiger partial charge in [-0.1, -0.05) is 0 Å². The Morgan fingerprint density at radius 2 is 1.84 bits per heavy atom. The van der Waals surface area contributed by atoms with Gasteiger partial charge >= 0.3 is 12.1 Å². The van der Waals surface area contributed by atoms with Crippen molar-refractivity contribution in [3.63, 3.8) is 0 Å². The van der Waals surface area contributed by atoms with Crippen LogP contribution in [0.15, 0.2) is 36.5 Å². The normalized spacial score (nSPS) is 11.0. The maximum atomic E-state index is 12.0. The average molecular weight is 426 g/mol. The second-order valence-corrected chi connectivity index (χ2v) is 7.31. The monoisotopic (exact) mass is 426 g/mol. The topological polar surface area (TPSA) is 130 Å². The molecule has 0 radical (unpaired) electrons. The van der Waals surface area contributed by atoms with Crippen molar-refractivity contribution >= 4 is 17.9 Å². The van der Waals surface area contributed by atoms with E-state index in [-0.39, 0.29) is 5.69 Å². The number of rotatable bonds is 5. The highest BCUT2D eigenvalue weighted by Crippen LogP contribution is 2.24. The molecule has 11 nitrogen and oxygen atoms in total. The van der Waals surface area contributed by atoms with Crippen LogP contribution in [0.25, 0.3) is 17.1 Å². The molecule has 3 aromatic rings. The number of nitrogens with zero attached hydrogens (tertiary/aromatic N) is 5. The van der Waals surface area contributed by atoms with Crippen LogP contribution in [0.1, 0.15) is 31.3 Å². The van der Waals surface area contributed by atoms with Gasteiger partial charge in [0.25, 0.3) is 0 Å². The van der Waals surface area contributed by atoms with E-state index < -0.39 is 17.7 Å². The molecule has 0 aromatic carbocycles. The van der Waals surface area contributed by atoms with Crippen molar-refractivity contribution in [2.24, 2.45) is 0 Å². The van der Waals surface area contributed by atoms with Crippen LogP contribution < -0.4 is 10.1 Å². The molecule has 3 heterocycles. The summed E-state index contributed by atoms with van der Waals surface area (Å²) in [5, 5.41) is 14.8. The maximum absolute atomic E-state index is 12.0. The first-order chi connectivity index (χ1) is 14.7. The van der Waals surface area contributed by atoms with E-state index in [0.29, 0.717) is 28.8 Å². The lowest BCUT2D eigenvalue weighted by Gasteiger charge is -2.19. The van der Waals surface area contributed by atoms with E-state index in [1.54, 1.807) is 51.1 Å². The first-order valence-corrected chi connectivity index (χ1v) is 9.23. The summed E-state index contributed by atoms with van der Waals surface area (Å²) in [6, 6.07) is 8.14. The Hall–Kier alpha value is -4.02. The van der Waals surface area contributed by atoms with Gasteiger partial charge in [-0.3, -0.25) is 5.32 Å². The van der Waals surface area contributed by atoms with Gasteiger partial charge in [-0.2, -0.15) is 5.10 Å². The molecule has 0 saturated heterocycles. The zero-order valence-electron chi connectivity index (χ0n) is 17.7. The number of esters is 1. The van der Waals surface area contributed by atoms with Crippen LogP contribution in [0.2, 0.25) is 0 Å². The van der Waals surface area contributed by atoms with Gasteiger partial charge in [0.2, 0.25) is 5.88 Å². The molecule has 0 spiro atoms. The minimum absolute atomic E-state index is 0.0890. The number of carbonyl (C=O) groups excluding carboxylic acids is 2. The molecular formula is C20H22N6O5. The van der Waals surface area contributed by atoms with E-state index in [1.807, 2.05) is 0 Å². The van der Waals surface area contributed by atoms with E-state index >= 15 is 0 Å². The molecule has 1 N–H and O–H groups in total. The Labute approximate surface area is 178 Å². The van der Waals surface area contributed by atoms with Crippen LogP contribution in [0.5, 0.6) is 5.88 Å². The number of nitrogens with one attached hydrogen (secondary N) is 1. The van der Waals surface area contributed by atoms with E-state index in [9.17, 15) is 9.59 Å². The summed E-state index contributed by atoms with van der Waals surface area (Å²) < 4.78 is 16.4. The molecule has 3 aromatic heterocycles. The van der Waals surface area contributed by atoms with E-state index in [4.69, 9.17) is 14.2 Å². The standard InChI is InChI=1S/C20H22N6O5/c1-20(2,3)31-19(28)22-15-7-6-12(11-21-15)14-10-13(18(27)30-5)25-26(14)16-8-9-17(29-4)24-23-16/h6-11H,1-5H3,(H,21,22,28). The highest BCUT2D eigenvalue weighted by molar-refractivity contribution is 5.89. The van der Waals surface area contributed by atoms with Crippen molar-refractivity contribution in [2.75, 3.05) is 19.5 Å². The molecule has 162 valence electrons. The number of ether oxygens (including phenoxy) is 3. The molecule has 0 atom stereocenters. The van der Waals surface area contributed by atoms with Gasteiger partial charge in [-0.05, 0) is 45.0 Å². The Balaban J connectivity index is 1.92. The quantitative estimate of drug-likeness (QED) is 0.612. The Kier molecular flexibility index (Phi) is 6.14. The van der Waals surface area contributed by atoms with E-state index in [0.717, 1.165) is 0 Å². The first-order valence-electron chi connectivity index (χ1n) is 9.23. The van der Waals surface area contributed by atoms with Crippen molar-refractivity contribution < 1.29 is 23.8 Å². The Morgan fingerprint density at radius 1 is 1.06 bits per heavy atom. The molecule has 0 saturated carbocycles. The molecule has 3 rings (SSSR count). The minimum Gasteiger partial charge on any atom is -0.480 e. The SMILES string of the molecule is COC(=O)c1cc(-c2ccc(NC(=O)OC(C)(C)C)nc2)n(-c2ccc(OC)nn2)n1. The van der Waals surface area contributed by atoms with Crippen molar-refractivity contribution in [1.82, 2.24) is 25.0 Å². The third kappa shape index (κ3) is 5.32. The predicted molar refractivity (Wildman–Crippen MR) is 110 cm³/mol. The maximum Gasteiger partial charge on any atom is 0.413 e. The lowest BCUT2D eigenvalue weighted by atomic mass is 10.2. The zero-order chi connectivity index (χ0) is 22.6. The highest BCUT2D eigenvalue weighted by atomic mass is 16.6. The summed E-state index contributed by atoms with van der Waals surface area (Å²) in [7, 11) is 2.75. The van der Waals surface area contributed by atoms with Gasteiger partial charge in [0, 0.05) is 17.8 Å². The van der Waals surface area contributed by atoms with E-state index in [1.165, 1.54) is 25.1 Å². The summed E-state index contributed by atoms with van der Waals surface area (Å²) >= 11 is 0. The largest absolute Gasteiger partial charge is 0.480 e. The number of hydrogen-bond donors (Lipinski definition) is 1. The van der Waals surface area contributed by atoms with Gasteiger partial charge in [-0.25, -0.2) is 19.3 Å². The molecule has 31 heavy (non-hydrogen) atoms. The third-order valence-corrected chi connectivity index (χ3v) is 3.84. The number of methoxy groups -OCH3 is 2. The van der Waals surface area contributed by atoms with Gasteiger partial charge < -0.3 is 14.2 Å². The Morgan fingerprint density at radius 3 is 2.39 bits per heavy atom. The minimum atomic E-state index is -0.625. The van der Waals surface area contributed by atoms with Gasteiger partial charge in [0.05, 0.1) is 19.9 Å². The van der Waals surface area contributed by atoms with Crippen LogP contribution in [0, 0.1) is 0 Å². The number of pyridine rings is 1. The molecule has 0 aliphatic heterocycles. The molecular weight excluding hydrogens is 404 g/mol. The smallest absolute Gasteiger partial charge is 0.413 e. The van der Waals surface area contributed by atoms with Crippen molar-refractivity contribution in [3.05, 3.63) is 42.2 Å². The lowest BCUT2D eigenvalue weighted by Crippen LogP contribution is -2.27. The van der Waals surface area contributed by atoms with Gasteiger partial charge in [0.1, 0.15) is 11.4 Å². The number of amides is 1. The van der Waals surface area contributed by atoms with Gasteiger partial charge in [-0.15, -0.1) is 10.2 Å². The van der Waals surface area contributed by atoms with Crippen molar-refractivity contribution in [3.8, 4) is 23.0 Å². The fraction of sp³-hybridized carbons (Fsp3) is 0.300. The molecule has 0 aliphatic carbocycles. The fourth-order valence-corrected chi connectivity index (χ4v) is 2.53. The molecule has 0 fully saturated rings.